The summed E-state index contributed by atoms with van der Waals surface area (Å²) in [5.74, 6) is 0.627. The number of nitrogens with one attached hydrogen (secondary N) is 3. The van der Waals surface area contributed by atoms with Gasteiger partial charge >= 0.3 is 0 Å². The Morgan fingerprint density at radius 3 is 2.96 bits per heavy atom. The van der Waals surface area contributed by atoms with E-state index in [1.807, 2.05) is 18.4 Å². The minimum absolute atomic E-state index is 0.000904. The van der Waals surface area contributed by atoms with Gasteiger partial charge in [0.25, 0.3) is 0 Å². The van der Waals surface area contributed by atoms with Gasteiger partial charge in [-0.1, -0.05) is 0 Å². The first kappa shape index (κ1) is 20.2. The molecule has 1 atom stereocenters. The lowest BCUT2D eigenvalue weighted by molar-refractivity contribution is 0.0200. The van der Waals surface area contributed by atoms with E-state index in [4.69, 9.17) is 4.74 Å². The van der Waals surface area contributed by atoms with Crippen molar-refractivity contribution in [2.75, 3.05) is 32.0 Å². The number of guanidine groups is 1. The van der Waals surface area contributed by atoms with Crippen LogP contribution < -0.4 is 15.4 Å². The SMILES string of the molecule is CCNC(=NCc1ccsc1)NCCS(=O)(=O)NCC1CCCCO1. The van der Waals surface area contributed by atoms with Crippen LogP contribution in [0.25, 0.3) is 0 Å². The van der Waals surface area contributed by atoms with Gasteiger partial charge in [-0.25, -0.2) is 18.1 Å². The van der Waals surface area contributed by atoms with Gasteiger partial charge in [0.05, 0.1) is 18.4 Å². The summed E-state index contributed by atoms with van der Waals surface area (Å²) in [5.41, 5.74) is 1.14. The second kappa shape index (κ2) is 10.7. The van der Waals surface area contributed by atoms with Crippen LogP contribution in [0.15, 0.2) is 21.8 Å². The number of aliphatic imine (C=N–C) groups is 1. The van der Waals surface area contributed by atoms with Crippen LogP contribution in [-0.2, 0) is 21.3 Å². The van der Waals surface area contributed by atoms with Crippen LogP contribution in [0.5, 0.6) is 0 Å². The van der Waals surface area contributed by atoms with E-state index in [-0.39, 0.29) is 11.9 Å². The van der Waals surface area contributed by atoms with Gasteiger partial charge in [0.15, 0.2) is 5.96 Å². The highest BCUT2D eigenvalue weighted by molar-refractivity contribution is 7.89. The Balaban J connectivity index is 1.72. The lowest BCUT2D eigenvalue weighted by Gasteiger charge is -2.22. The molecule has 7 nitrogen and oxygen atoms in total. The molecule has 1 aromatic heterocycles. The molecule has 0 aromatic carbocycles. The van der Waals surface area contributed by atoms with Crippen LogP contribution in [0.3, 0.4) is 0 Å². The highest BCUT2D eigenvalue weighted by atomic mass is 32.2. The number of hydrogen-bond donors (Lipinski definition) is 3. The first-order chi connectivity index (χ1) is 12.1. The zero-order valence-electron chi connectivity index (χ0n) is 14.7. The van der Waals surface area contributed by atoms with Crippen LogP contribution in [0, 0.1) is 0 Å². The lowest BCUT2D eigenvalue weighted by Crippen LogP contribution is -2.42. The molecule has 0 saturated carbocycles. The summed E-state index contributed by atoms with van der Waals surface area (Å²) in [6.45, 7) is 4.65. The Hall–Kier alpha value is -1.16. The van der Waals surface area contributed by atoms with Crippen molar-refractivity contribution in [1.82, 2.24) is 15.4 Å². The van der Waals surface area contributed by atoms with Crippen molar-refractivity contribution in [3.8, 4) is 0 Å². The summed E-state index contributed by atoms with van der Waals surface area (Å²) in [6.07, 6.45) is 3.08. The molecule has 1 aliphatic heterocycles. The zero-order valence-corrected chi connectivity index (χ0v) is 16.3. The van der Waals surface area contributed by atoms with E-state index < -0.39 is 10.0 Å². The molecule has 1 saturated heterocycles. The first-order valence-electron chi connectivity index (χ1n) is 8.71. The fourth-order valence-electron chi connectivity index (χ4n) is 2.46. The van der Waals surface area contributed by atoms with E-state index >= 15 is 0 Å². The number of ether oxygens (including phenoxy) is 1. The number of rotatable bonds is 9. The molecular formula is C16H28N4O3S2. The minimum Gasteiger partial charge on any atom is -0.377 e. The van der Waals surface area contributed by atoms with Crippen LogP contribution in [0.4, 0.5) is 0 Å². The van der Waals surface area contributed by atoms with Crippen molar-refractivity contribution >= 4 is 27.3 Å². The van der Waals surface area contributed by atoms with Crippen molar-refractivity contribution in [2.24, 2.45) is 4.99 Å². The molecule has 2 heterocycles. The van der Waals surface area contributed by atoms with Gasteiger partial charge < -0.3 is 15.4 Å². The fourth-order valence-corrected chi connectivity index (χ4v) is 4.07. The summed E-state index contributed by atoms with van der Waals surface area (Å²) >= 11 is 1.64. The number of hydrogen-bond acceptors (Lipinski definition) is 5. The molecule has 0 radical (unpaired) electrons. The van der Waals surface area contributed by atoms with Crippen molar-refractivity contribution in [3.63, 3.8) is 0 Å². The summed E-state index contributed by atoms with van der Waals surface area (Å²) in [4.78, 5) is 4.46. The predicted molar refractivity (Wildman–Crippen MR) is 103 cm³/mol. The monoisotopic (exact) mass is 388 g/mol. The Kier molecular flexibility index (Phi) is 8.66. The molecule has 25 heavy (non-hydrogen) atoms. The van der Waals surface area contributed by atoms with Gasteiger partial charge in [0.1, 0.15) is 0 Å². The third-order valence-electron chi connectivity index (χ3n) is 3.81. The second-order valence-corrected chi connectivity index (χ2v) is 8.62. The molecule has 1 aliphatic rings. The average molecular weight is 389 g/mol. The molecule has 142 valence electrons. The van der Waals surface area contributed by atoms with E-state index in [2.05, 4.69) is 25.7 Å². The third-order valence-corrected chi connectivity index (χ3v) is 5.89. The van der Waals surface area contributed by atoms with E-state index in [9.17, 15) is 8.42 Å². The average Bonchev–Trinajstić information content (AvgIpc) is 3.12. The molecule has 1 aromatic rings. The Morgan fingerprint density at radius 2 is 2.28 bits per heavy atom. The van der Waals surface area contributed by atoms with Crippen LogP contribution in [-0.4, -0.2) is 52.5 Å². The fraction of sp³-hybridized carbons (Fsp3) is 0.688. The molecule has 0 spiro atoms. The van der Waals surface area contributed by atoms with Crippen molar-refractivity contribution in [3.05, 3.63) is 22.4 Å². The van der Waals surface area contributed by atoms with Crippen LogP contribution >= 0.6 is 11.3 Å². The van der Waals surface area contributed by atoms with E-state index in [1.165, 1.54) is 0 Å². The maximum absolute atomic E-state index is 12.1. The topological polar surface area (TPSA) is 91.8 Å². The third kappa shape index (κ3) is 8.17. The molecule has 0 amide bonds. The largest absolute Gasteiger partial charge is 0.377 e. The van der Waals surface area contributed by atoms with Crippen molar-refractivity contribution in [2.45, 2.75) is 38.8 Å². The van der Waals surface area contributed by atoms with Gasteiger partial charge in [-0.05, 0) is 48.6 Å². The zero-order chi connectivity index (χ0) is 18.0. The van der Waals surface area contributed by atoms with Gasteiger partial charge in [-0.15, -0.1) is 0 Å². The summed E-state index contributed by atoms with van der Waals surface area (Å²) in [6, 6.07) is 2.03. The van der Waals surface area contributed by atoms with Crippen LogP contribution in [0.2, 0.25) is 0 Å². The number of sulfonamides is 1. The van der Waals surface area contributed by atoms with Crippen LogP contribution in [0.1, 0.15) is 31.7 Å². The molecule has 0 bridgehead atoms. The predicted octanol–water partition coefficient (Wildman–Crippen LogP) is 1.29. The van der Waals surface area contributed by atoms with Gasteiger partial charge in [-0.2, -0.15) is 11.3 Å². The smallest absolute Gasteiger partial charge is 0.213 e. The van der Waals surface area contributed by atoms with Gasteiger partial charge in [0.2, 0.25) is 10.0 Å². The van der Waals surface area contributed by atoms with Gasteiger partial charge in [-0.3, -0.25) is 0 Å². The maximum Gasteiger partial charge on any atom is 0.213 e. The highest BCUT2D eigenvalue weighted by Crippen LogP contribution is 2.11. The molecule has 1 unspecified atom stereocenters. The van der Waals surface area contributed by atoms with Crippen molar-refractivity contribution < 1.29 is 13.2 Å². The Labute approximate surface area is 154 Å². The van der Waals surface area contributed by atoms with E-state index in [0.29, 0.717) is 25.6 Å². The molecule has 3 N–H and O–H groups in total. The van der Waals surface area contributed by atoms with Crippen molar-refractivity contribution in [1.29, 1.82) is 0 Å². The lowest BCUT2D eigenvalue weighted by atomic mass is 10.1. The summed E-state index contributed by atoms with van der Waals surface area (Å²) in [7, 11) is -3.32. The molecule has 9 heteroatoms. The summed E-state index contributed by atoms with van der Waals surface area (Å²) in [5, 5.41) is 10.3. The normalized spacial score (nSPS) is 18.9. The maximum atomic E-state index is 12.1. The van der Waals surface area contributed by atoms with E-state index in [1.54, 1.807) is 11.3 Å². The highest BCUT2D eigenvalue weighted by Gasteiger charge is 2.17. The second-order valence-electron chi connectivity index (χ2n) is 5.91. The minimum atomic E-state index is -3.32. The summed E-state index contributed by atoms with van der Waals surface area (Å²) < 4.78 is 32.4. The molecular weight excluding hydrogens is 360 g/mol. The van der Waals surface area contributed by atoms with E-state index in [0.717, 1.165) is 38.0 Å². The number of nitrogens with zero attached hydrogens (tertiary/aromatic N) is 1. The molecule has 1 fully saturated rings. The number of thiophene rings is 1. The quantitative estimate of drug-likeness (QED) is 0.438. The standard InChI is InChI=1S/C16H28N4O3S2/c1-2-17-16(19-11-14-6-9-24-13-14)18-7-10-25(21,22)20-12-15-5-3-4-8-23-15/h6,9,13,15,20H,2-5,7-8,10-12H2,1H3,(H2,17,18,19). The first-order valence-corrected chi connectivity index (χ1v) is 11.3. The Morgan fingerprint density at radius 1 is 1.40 bits per heavy atom. The Bertz CT molecular complexity index is 611. The molecule has 0 aliphatic carbocycles. The van der Waals surface area contributed by atoms with Gasteiger partial charge in [0, 0.05) is 26.2 Å². The molecule has 2 rings (SSSR count).